The predicted molar refractivity (Wildman–Crippen MR) is 78.4 cm³/mol. The van der Waals surface area contributed by atoms with E-state index in [9.17, 15) is 0 Å². The van der Waals surface area contributed by atoms with E-state index in [0.29, 0.717) is 5.92 Å². The summed E-state index contributed by atoms with van der Waals surface area (Å²) in [4.78, 5) is 1.35. The van der Waals surface area contributed by atoms with Crippen molar-refractivity contribution in [1.82, 2.24) is 5.32 Å². The van der Waals surface area contributed by atoms with Crippen molar-refractivity contribution in [2.45, 2.75) is 12.5 Å². The van der Waals surface area contributed by atoms with Gasteiger partial charge >= 0.3 is 0 Å². The molecule has 1 aromatic heterocycles. The third-order valence-corrected chi connectivity index (χ3v) is 5.09. The van der Waals surface area contributed by atoms with Crippen LogP contribution < -0.4 is 10.1 Å². The van der Waals surface area contributed by atoms with E-state index in [2.05, 4.69) is 44.8 Å². The van der Waals surface area contributed by atoms with Gasteiger partial charge in [-0.05, 0) is 33.4 Å². The van der Waals surface area contributed by atoms with Crippen LogP contribution in [0.2, 0.25) is 0 Å². The van der Waals surface area contributed by atoms with E-state index in [-0.39, 0.29) is 0 Å². The zero-order valence-electron chi connectivity index (χ0n) is 9.86. The zero-order valence-corrected chi connectivity index (χ0v) is 12.3. The van der Waals surface area contributed by atoms with Gasteiger partial charge in [-0.25, -0.2) is 0 Å². The van der Waals surface area contributed by atoms with Crippen molar-refractivity contribution in [2.75, 3.05) is 13.2 Å². The molecule has 1 aromatic carbocycles. The second-order valence-corrected chi connectivity index (χ2v) is 6.22. The van der Waals surface area contributed by atoms with Crippen molar-refractivity contribution in [1.29, 1.82) is 0 Å². The van der Waals surface area contributed by atoms with Crippen molar-refractivity contribution in [3.8, 4) is 5.75 Å². The first-order chi connectivity index (χ1) is 8.84. The minimum Gasteiger partial charge on any atom is -0.493 e. The fraction of sp³-hybridized carbons (Fsp3) is 0.286. The molecule has 0 amide bonds. The van der Waals surface area contributed by atoms with E-state index in [4.69, 9.17) is 4.74 Å². The van der Waals surface area contributed by atoms with Crippen molar-refractivity contribution < 1.29 is 4.74 Å². The lowest BCUT2D eigenvalue weighted by Gasteiger charge is -2.10. The molecule has 18 heavy (non-hydrogen) atoms. The first kappa shape index (κ1) is 12.2. The van der Waals surface area contributed by atoms with Crippen molar-refractivity contribution >= 4 is 27.3 Å². The topological polar surface area (TPSA) is 21.3 Å². The number of ether oxygens (including phenoxy) is 1. The number of para-hydroxylation sites is 1. The van der Waals surface area contributed by atoms with Gasteiger partial charge in [0.25, 0.3) is 0 Å². The molecule has 1 aliphatic heterocycles. The van der Waals surface area contributed by atoms with Crippen LogP contribution >= 0.6 is 27.3 Å². The second-order valence-electron chi connectivity index (χ2n) is 4.37. The average Bonchev–Trinajstić information content (AvgIpc) is 2.97. The van der Waals surface area contributed by atoms with Gasteiger partial charge in [0.1, 0.15) is 5.75 Å². The summed E-state index contributed by atoms with van der Waals surface area (Å²) in [5.41, 5.74) is 1.33. The van der Waals surface area contributed by atoms with Gasteiger partial charge in [0.05, 0.1) is 6.61 Å². The number of thiophene rings is 1. The normalized spacial score (nSPS) is 17.5. The standard InChI is InChI=1S/C14H14BrNOS/c15-12-5-6-18-14(12)8-16-7-10-9-17-13-4-2-1-3-11(10)13/h1-6,10,16H,7-9H2. The molecule has 1 aliphatic rings. The Bertz CT molecular complexity index is 540. The third kappa shape index (κ3) is 2.46. The Morgan fingerprint density at radius 3 is 3.06 bits per heavy atom. The molecule has 2 aromatic rings. The maximum atomic E-state index is 5.68. The Balaban J connectivity index is 1.58. The smallest absolute Gasteiger partial charge is 0.122 e. The fourth-order valence-electron chi connectivity index (χ4n) is 2.21. The molecule has 1 atom stereocenters. The largest absolute Gasteiger partial charge is 0.493 e. The Labute approximate surface area is 119 Å². The predicted octanol–water partition coefficient (Wildman–Crippen LogP) is 3.78. The molecule has 2 nitrogen and oxygen atoms in total. The summed E-state index contributed by atoms with van der Waals surface area (Å²) in [6, 6.07) is 10.4. The van der Waals surface area contributed by atoms with Crippen LogP contribution in [-0.4, -0.2) is 13.2 Å². The highest BCUT2D eigenvalue weighted by Crippen LogP contribution is 2.33. The molecule has 0 spiro atoms. The van der Waals surface area contributed by atoms with E-state index in [1.807, 2.05) is 12.1 Å². The molecule has 0 bridgehead atoms. The molecule has 0 aliphatic carbocycles. The van der Waals surface area contributed by atoms with Crippen LogP contribution in [0.5, 0.6) is 5.75 Å². The highest BCUT2D eigenvalue weighted by molar-refractivity contribution is 9.10. The third-order valence-electron chi connectivity index (χ3n) is 3.17. The van der Waals surface area contributed by atoms with E-state index in [0.717, 1.165) is 25.4 Å². The summed E-state index contributed by atoms with van der Waals surface area (Å²) >= 11 is 5.33. The van der Waals surface area contributed by atoms with E-state index in [1.165, 1.54) is 14.9 Å². The average molecular weight is 324 g/mol. The van der Waals surface area contributed by atoms with Gasteiger partial charge in [-0.1, -0.05) is 18.2 Å². The number of benzene rings is 1. The molecular formula is C14H14BrNOS. The molecule has 1 N–H and O–H groups in total. The highest BCUT2D eigenvalue weighted by atomic mass is 79.9. The summed E-state index contributed by atoms with van der Waals surface area (Å²) in [6.07, 6.45) is 0. The van der Waals surface area contributed by atoms with Crippen LogP contribution in [0.25, 0.3) is 0 Å². The molecule has 0 saturated carbocycles. The van der Waals surface area contributed by atoms with Crippen LogP contribution in [0.1, 0.15) is 16.4 Å². The highest BCUT2D eigenvalue weighted by Gasteiger charge is 2.22. The maximum absolute atomic E-state index is 5.68. The molecule has 0 fully saturated rings. The van der Waals surface area contributed by atoms with Crippen LogP contribution in [-0.2, 0) is 6.54 Å². The molecule has 2 heterocycles. The van der Waals surface area contributed by atoms with Crippen LogP contribution in [0, 0.1) is 0 Å². The van der Waals surface area contributed by atoms with Crippen LogP contribution in [0.4, 0.5) is 0 Å². The van der Waals surface area contributed by atoms with Crippen molar-refractivity contribution in [3.05, 3.63) is 50.6 Å². The van der Waals surface area contributed by atoms with Gasteiger partial charge in [-0.2, -0.15) is 0 Å². The molecule has 0 radical (unpaired) electrons. The lowest BCUT2D eigenvalue weighted by Crippen LogP contribution is -2.21. The summed E-state index contributed by atoms with van der Waals surface area (Å²) in [7, 11) is 0. The fourth-order valence-corrected chi connectivity index (χ4v) is 3.67. The quantitative estimate of drug-likeness (QED) is 0.924. The Morgan fingerprint density at radius 1 is 1.33 bits per heavy atom. The number of fused-ring (bicyclic) bond motifs is 1. The SMILES string of the molecule is Brc1ccsc1CNCC1COc2ccccc21. The minimum atomic E-state index is 0.472. The lowest BCUT2D eigenvalue weighted by molar-refractivity contribution is 0.326. The summed E-state index contributed by atoms with van der Waals surface area (Å²) in [5.74, 6) is 1.52. The number of hydrogen-bond acceptors (Lipinski definition) is 3. The molecular weight excluding hydrogens is 310 g/mol. The minimum absolute atomic E-state index is 0.472. The van der Waals surface area contributed by atoms with Gasteiger partial charge in [0.2, 0.25) is 0 Å². The summed E-state index contributed by atoms with van der Waals surface area (Å²) < 4.78 is 6.87. The molecule has 0 saturated heterocycles. The monoisotopic (exact) mass is 323 g/mol. The Hall–Kier alpha value is -0.840. The van der Waals surface area contributed by atoms with E-state index in [1.54, 1.807) is 11.3 Å². The van der Waals surface area contributed by atoms with E-state index >= 15 is 0 Å². The maximum Gasteiger partial charge on any atom is 0.122 e. The first-order valence-corrected chi connectivity index (χ1v) is 7.66. The molecule has 3 rings (SSSR count). The Morgan fingerprint density at radius 2 is 2.22 bits per heavy atom. The van der Waals surface area contributed by atoms with Gasteiger partial charge in [-0.15, -0.1) is 11.3 Å². The van der Waals surface area contributed by atoms with Gasteiger partial charge < -0.3 is 10.1 Å². The van der Waals surface area contributed by atoms with Gasteiger partial charge in [-0.3, -0.25) is 0 Å². The van der Waals surface area contributed by atoms with Crippen molar-refractivity contribution in [3.63, 3.8) is 0 Å². The number of hydrogen-bond donors (Lipinski definition) is 1. The number of rotatable bonds is 4. The summed E-state index contributed by atoms with van der Waals surface area (Å²) in [5, 5.41) is 5.62. The molecule has 1 unspecified atom stereocenters. The van der Waals surface area contributed by atoms with Gasteiger partial charge in [0.15, 0.2) is 0 Å². The molecule has 94 valence electrons. The number of halogens is 1. The first-order valence-electron chi connectivity index (χ1n) is 5.99. The van der Waals surface area contributed by atoms with Crippen LogP contribution in [0.15, 0.2) is 40.2 Å². The second kappa shape index (κ2) is 5.43. The van der Waals surface area contributed by atoms with Crippen molar-refractivity contribution in [2.24, 2.45) is 0 Å². The molecule has 4 heteroatoms. The van der Waals surface area contributed by atoms with E-state index < -0.39 is 0 Å². The summed E-state index contributed by atoms with van der Waals surface area (Å²) in [6.45, 7) is 2.66. The lowest BCUT2D eigenvalue weighted by atomic mass is 10.0. The number of nitrogens with one attached hydrogen (secondary N) is 1. The van der Waals surface area contributed by atoms with Gasteiger partial charge in [0, 0.05) is 33.9 Å². The zero-order chi connectivity index (χ0) is 12.4. The van der Waals surface area contributed by atoms with Crippen LogP contribution in [0.3, 0.4) is 0 Å². The Kier molecular flexibility index (Phi) is 3.68.